The monoisotopic (exact) mass is 393 g/mol. The van der Waals surface area contributed by atoms with E-state index in [-0.39, 0.29) is 0 Å². The summed E-state index contributed by atoms with van der Waals surface area (Å²) in [6.45, 7) is 1.09. The zero-order valence-corrected chi connectivity index (χ0v) is 11.0. The standard InChI is InChI=1S/C9H8BrN.W/c10-9-3-1-2-7-4-5-11-6-8(7)9;/h1-3,11H,4-5H2;. The van der Waals surface area contributed by atoms with Crippen LogP contribution in [0.15, 0.2) is 22.7 Å². The number of hydrogen-bond acceptors (Lipinski definition) is 1. The molecular weight excluding hydrogens is 386 g/mol. The Morgan fingerprint density at radius 3 is 3.00 bits per heavy atom. The van der Waals surface area contributed by atoms with Crippen LogP contribution in [-0.4, -0.2) is 10.6 Å². The molecule has 0 bridgehead atoms. The molecule has 0 unspecified atom stereocenters. The molecule has 2 rings (SSSR count). The van der Waals surface area contributed by atoms with Gasteiger partial charge in [0.1, 0.15) is 0 Å². The molecule has 1 aliphatic rings. The molecule has 0 radical (unpaired) electrons. The van der Waals surface area contributed by atoms with Crippen LogP contribution < -0.4 is 5.32 Å². The average Bonchev–Trinajstić information content (AvgIpc) is 2.04. The van der Waals surface area contributed by atoms with Crippen LogP contribution in [0.25, 0.3) is 0 Å². The summed E-state index contributed by atoms with van der Waals surface area (Å²) >= 11 is 5.09. The molecule has 1 aromatic carbocycles. The third kappa shape index (κ3) is 1.48. The Labute approximate surface area is 91.1 Å². The second-order valence-electron chi connectivity index (χ2n) is 2.78. The first-order valence-electron chi connectivity index (χ1n) is 3.84. The first-order valence-corrected chi connectivity index (χ1v) is 6.10. The average molecular weight is 394 g/mol. The van der Waals surface area contributed by atoms with Crippen molar-refractivity contribution in [1.29, 1.82) is 0 Å². The van der Waals surface area contributed by atoms with Crippen molar-refractivity contribution in [2.24, 2.45) is 0 Å². The fourth-order valence-corrected chi connectivity index (χ4v) is 3.79. The van der Waals surface area contributed by atoms with E-state index >= 15 is 0 Å². The molecule has 1 N–H and O–H groups in total. The second-order valence-corrected chi connectivity index (χ2v) is 5.10. The Kier molecular flexibility index (Phi) is 2.59. The van der Waals surface area contributed by atoms with Crippen molar-refractivity contribution in [2.75, 3.05) is 6.54 Å². The molecule has 62 valence electrons. The van der Waals surface area contributed by atoms with Gasteiger partial charge in [0.25, 0.3) is 0 Å². The zero-order valence-electron chi connectivity index (χ0n) is 6.43. The zero-order chi connectivity index (χ0) is 8.55. The van der Waals surface area contributed by atoms with Gasteiger partial charge in [0.05, 0.1) is 0 Å². The topological polar surface area (TPSA) is 12.0 Å². The Morgan fingerprint density at radius 1 is 1.42 bits per heavy atom. The summed E-state index contributed by atoms with van der Waals surface area (Å²) in [6.07, 6.45) is 1.14. The Hall–Kier alpha value is 0.218. The van der Waals surface area contributed by atoms with Crippen molar-refractivity contribution in [1.82, 2.24) is 5.32 Å². The third-order valence-corrected chi connectivity index (χ3v) is 3.92. The molecule has 12 heavy (non-hydrogen) atoms. The summed E-state index contributed by atoms with van der Waals surface area (Å²) in [5, 5.41) is 3.40. The summed E-state index contributed by atoms with van der Waals surface area (Å²) in [5.41, 5.74) is 2.85. The molecule has 0 spiro atoms. The molecule has 0 aliphatic carbocycles. The van der Waals surface area contributed by atoms with Gasteiger partial charge in [0, 0.05) is 0 Å². The Morgan fingerprint density at radius 2 is 2.25 bits per heavy atom. The van der Waals surface area contributed by atoms with Gasteiger partial charge in [-0.15, -0.1) is 0 Å². The number of fused-ring (bicyclic) bond motifs is 1. The van der Waals surface area contributed by atoms with Gasteiger partial charge in [-0.2, -0.15) is 0 Å². The number of halogens is 1. The molecule has 0 saturated heterocycles. The van der Waals surface area contributed by atoms with Crippen molar-refractivity contribution >= 4 is 20.0 Å². The van der Waals surface area contributed by atoms with Crippen LogP contribution in [0.2, 0.25) is 0 Å². The predicted octanol–water partition coefficient (Wildman–Crippen LogP) is 1.62. The van der Waals surface area contributed by atoms with Crippen LogP contribution >= 0.6 is 15.9 Å². The molecule has 1 aromatic rings. The molecule has 0 fully saturated rings. The maximum atomic E-state index is 3.57. The van der Waals surface area contributed by atoms with E-state index in [2.05, 4.69) is 39.4 Å². The van der Waals surface area contributed by atoms with Gasteiger partial charge in [0.15, 0.2) is 0 Å². The van der Waals surface area contributed by atoms with Crippen LogP contribution in [0, 0.1) is 0 Å². The quantitative estimate of drug-likeness (QED) is 0.706. The van der Waals surface area contributed by atoms with E-state index in [1.165, 1.54) is 39.0 Å². The van der Waals surface area contributed by atoms with Gasteiger partial charge in [-0.1, -0.05) is 0 Å². The van der Waals surface area contributed by atoms with E-state index in [9.17, 15) is 0 Å². The molecule has 3 heteroatoms. The van der Waals surface area contributed by atoms with Crippen LogP contribution in [0.1, 0.15) is 11.1 Å². The van der Waals surface area contributed by atoms with Gasteiger partial charge in [-0.05, 0) is 0 Å². The fourth-order valence-electron chi connectivity index (χ4n) is 1.43. The molecule has 0 aromatic heterocycles. The Bertz CT molecular complexity index is 335. The van der Waals surface area contributed by atoms with Crippen molar-refractivity contribution < 1.29 is 19.4 Å². The molecule has 0 atom stereocenters. The maximum absolute atomic E-state index is 3.57. The van der Waals surface area contributed by atoms with E-state index in [0.717, 1.165) is 13.0 Å². The fraction of sp³-hybridized carbons (Fsp3) is 0.222. The van der Waals surface area contributed by atoms with Crippen LogP contribution in [0.4, 0.5) is 0 Å². The molecular formula is C9H8BrNW. The van der Waals surface area contributed by atoms with Gasteiger partial charge >= 0.3 is 91.4 Å². The van der Waals surface area contributed by atoms with Gasteiger partial charge in [-0.25, -0.2) is 0 Å². The molecule has 0 amide bonds. The van der Waals surface area contributed by atoms with Gasteiger partial charge in [-0.3, -0.25) is 0 Å². The van der Waals surface area contributed by atoms with Crippen molar-refractivity contribution in [3.63, 3.8) is 0 Å². The van der Waals surface area contributed by atoms with E-state index in [4.69, 9.17) is 0 Å². The summed E-state index contributed by atoms with van der Waals surface area (Å²) < 4.78 is 2.58. The van der Waals surface area contributed by atoms with Crippen molar-refractivity contribution in [3.05, 3.63) is 33.8 Å². The first-order chi connectivity index (χ1) is 5.79. The van der Waals surface area contributed by atoms with E-state index in [0.29, 0.717) is 0 Å². The molecule has 1 aliphatic heterocycles. The van der Waals surface area contributed by atoms with E-state index < -0.39 is 0 Å². The summed E-state index contributed by atoms with van der Waals surface area (Å²) in [5.74, 6) is 0. The normalized spacial score (nSPS) is 15.9. The number of benzene rings is 1. The van der Waals surface area contributed by atoms with Gasteiger partial charge in [0.2, 0.25) is 0 Å². The van der Waals surface area contributed by atoms with Crippen LogP contribution in [-0.2, 0) is 25.8 Å². The van der Waals surface area contributed by atoms with Crippen LogP contribution in [0.3, 0.4) is 0 Å². The van der Waals surface area contributed by atoms with E-state index in [1.807, 2.05) is 0 Å². The number of hydrogen-bond donors (Lipinski definition) is 1. The number of rotatable bonds is 0. The molecule has 1 nitrogen and oxygen atoms in total. The minimum absolute atomic E-state index is 1.09. The second kappa shape index (κ2) is 3.53. The van der Waals surface area contributed by atoms with E-state index in [1.54, 1.807) is 0 Å². The van der Waals surface area contributed by atoms with Gasteiger partial charge < -0.3 is 0 Å². The van der Waals surface area contributed by atoms with Crippen LogP contribution in [0.5, 0.6) is 0 Å². The SMILES string of the molecule is Brc1cccc2c1[C](=[W])NCC2. The third-order valence-electron chi connectivity index (χ3n) is 2.01. The molecule has 1 heterocycles. The minimum atomic E-state index is 1.09. The summed E-state index contributed by atoms with van der Waals surface area (Å²) in [6, 6.07) is 6.43. The molecule has 0 saturated carbocycles. The Balaban J connectivity index is 2.60. The van der Waals surface area contributed by atoms with Crippen molar-refractivity contribution in [2.45, 2.75) is 6.42 Å². The van der Waals surface area contributed by atoms with Crippen molar-refractivity contribution in [3.8, 4) is 0 Å². The summed E-state index contributed by atoms with van der Waals surface area (Å²) in [7, 11) is 0. The predicted molar refractivity (Wildman–Crippen MR) is 50.0 cm³/mol. The number of nitrogens with one attached hydrogen (secondary N) is 1. The first kappa shape index (κ1) is 8.80. The summed E-state index contributed by atoms with van der Waals surface area (Å²) in [4.78, 5) is 0.